The summed E-state index contributed by atoms with van der Waals surface area (Å²) in [6.07, 6.45) is 15.0. The number of carbonyl (C=O) groups is 2. The summed E-state index contributed by atoms with van der Waals surface area (Å²) in [6.45, 7) is 9.04. The molecule has 2 unspecified atom stereocenters. The molecular weight excluding hydrogens is 366 g/mol. The molecule has 0 rings (SSSR count). The largest absolute Gasteiger partial charge is 0.464 e. The Balaban J connectivity index is 3.90. The molecule has 0 saturated carbocycles. The van der Waals surface area contributed by atoms with E-state index in [1.807, 2.05) is 0 Å². The molecule has 0 radical (unpaired) electrons. The first-order chi connectivity index (χ1) is 14.0. The van der Waals surface area contributed by atoms with Crippen LogP contribution < -0.4 is 0 Å². The van der Waals surface area contributed by atoms with Crippen molar-refractivity contribution in [3.05, 3.63) is 0 Å². The number of rotatable bonds is 18. The van der Waals surface area contributed by atoms with E-state index in [9.17, 15) is 9.59 Å². The first kappa shape index (κ1) is 27.7. The van der Waals surface area contributed by atoms with E-state index < -0.39 is 12.1 Å². The molecule has 0 aromatic carbocycles. The van der Waals surface area contributed by atoms with E-state index in [1.165, 1.54) is 49.8 Å². The van der Waals surface area contributed by atoms with E-state index in [-0.39, 0.29) is 5.97 Å². The third-order valence-electron chi connectivity index (χ3n) is 5.69. The van der Waals surface area contributed by atoms with Crippen LogP contribution >= 0.6 is 0 Å². The SMILES string of the molecule is CCCCCCCCCCCOC(=O)C(C)N(C)C(=O)OCC(CC)CCCC. The average molecular weight is 414 g/mol. The highest BCUT2D eigenvalue weighted by molar-refractivity contribution is 5.80. The quantitative estimate of drug-likeness (QED) is 0.184. The number of ether oxygens (including phenoxy) is 2. The number of carbonyl (C=O) groups excluding carboxylic acids is 2. The summed E-state index contributed by atoms with van der Waals surface area (Å²) in [5, 5.41) is 0. The van der Waals surface area contributed by atoms with Gasteiger partial charge >= 0.3 is 12.1 Å². The minimum atomic E-state index is -0.628. The van der Waals surface area contributed by atoms with Crippen LogP contribution in [0.25, 0.3) is 0 Å². The molecule has 2 atom stereocenters. The van der Waals surface area contributed by atoms with Crippen LogP contribution in [0.5, 0.6) is 0 Å². The molecule has 0 aliphatic heterocycles. The maximum absolute atomic E-state index is 12.2. The van der Waals surface area contributed by atoms with Gasteiger partial charge in [0.2, 0.25) is 0 Å². The molecule has 5 nitrogen and oxygen atoms in total. The number of esters is 1. The van der Waals surface area contributed by atoms with Gasteiger partial charge in [-0.15, -0.1) is 0 Å². The highest BCUT2D eigenvalue weighted by atomic mass is 16.6. The van der Waals surface area contributed by atoms with Crippen molar-refractivity contribution >= 4 is 12.1 Å². The van der Waals surface area contributed by atoms with Crippen LogP contribution in [0.15, 0.2) is 0 Å². The second-order valence-corrected chi connectivity index (χ2v) is 8.28. The summed E-state index contributed by atoms with van der Waals surface area (Å²) in [4.78, 5) is 25.7. The van der Waals surface area contributed by atoms with Gasteiger partial charge in [-0.2, -0.15) is 0 Å². The molecular formula is C24H47NO4. The highest BCUT2D eigenvalue weighted by Gasteiger charge is 2.25. The fourth-order valence-electron chi connectivity index (χ4n) is 3.21. The predicted molar refractivity (Wildman–Crippen MR) is 120 cm³/mol. The fourth-order valence-corrected chi connectivity index (χ4v) is 3.21. The number of likely N-dealkylation sites (N-methyl/N-ethyl adjacent to an activating group) is 1. The van der Waals surface area contributed by atoms with Gasteiger partial charge in [-0.25, -0.2) is 9.59 Å². The van der Waals surface area contributed by atoms with E-state index in [1.54, 1.807) is 14.0 Å². The first-order valence-electron chi connectivity index (χ1n) is 12.0. The third-order valence-corrected chi connectivity index (χ3v) is 5.69. The van der Waals surface area contributed by atoms with E-state index in [0.717, 1.165) is 38.5 Å². The lowest BCUT2D eigenvalue weighted by Gasteiger charge is -2.24. The summed E-state index contributed by atoms with van der Waals surface area (Å²) in [7, 11) is 1.60. The Morgan fingerprint density at radius 2 is 1.34 bits per heavy atom. The van der Waals surface area contributed by atoms with Crippen molar-refractivity contribution in [3.8, 4) is 0 Å². The van der Waals surface area contributed by atoms with Crippen molar-refractivity contribution < 1.29 is 19.1 Å². The Hall–Kier alpha value is -1.26. The maximum Gasteiger partial charge on any atom is 0.410 e. The van der Waals surface area contributed by atoms with Crippen LogP contribution in [0.3, 0.4) is 0 Å². The lowest BCUT2D eigenvalue weighted by molar-refractivity contribution is -0.148. The molecule has 0 bridgehead atoms. The molecule has 0 N–H and O–H groups in total. The summed E-state index contributed by atoms with van der Waals surface area (Å²) < 4.78 is 10.8. The molecule has 0 fully saturated rings. The Morgan fingerprint density at radius 3 is 1.90 bits per heavy atom. The standard InChI is InChI=1S/C24H47NO4/c1-6-9-11-12-13-14-15-16-17-19-28-23(26)21(4)25(5)24(27)29-20-22(8-3)18-10-7-2/h21-22H,6-20H2,1-5H3. The Kier molecular flexibility index (Phi) is 17.9. The summed E-state index contributed by atoms with van der Waals surface area (Å²) in [6, 6.07) is -0.628. The van der Waals surface area contributed by atoms with E-state index in [0.29, 0.717) is 19.1 Å². The minimum Gasteiger partial charge on any atom is -0.464 e. The van der Waals surface area contributed by atoms with Crippen molar-refractivity contribution in [2.45, 2.75) is 117 Å². The molecule has 0 heterocycles. The highest BCUT2D eigenvalue weighted by Crippen LogP contribution is 2.14. The van der Waals surface area contributed by atoms with E-state index in [2.05, 4.69) is 20.8 Å². The van der Waals surface area contributed by atoms with Crippen LogP contribution in [-0.2, 0) is 14.3 Å². The molecule has 0 spiro atoms. The van der Waals surface area contributed by atoms with Gasteiger partial charge in [0.1, 0.15) is 6.04 Å². The van der Waals surface area contributed by atoms with Crippen molar-refractivity contribution in [3.63, 3.8) is 0 Å². The second-order valence-electron chi connectivity index (χ2n) is 8.28. The maximum atomic E-state index is 12.2. The molecule has 0 saturated heterocycles. The molecule has 5 heteroatoms. The van der Waals surface area contributed by atoms with Gasteiger partial charge in [0, 0.05) is 7.05 Å². The van der Waals surface area contributed by atoms with Gasteiger partial charge < -0.3 is 9.47 Å². The van der Waals surface area contributed by atoms with Crippen LogP contribution in [0, 0.1) is 5.92 Å². The summed E-state index contributed by atoms with van der Waals surface area (Å²) in [5.74, 6) is 0.0308. The molecule has 0 aromatic heterocycles. The van der Waals surface area contributed by atoms with Gasteiger partial charge in [-0.1, -0.05) is 91.4 Å². The lowest BCUT2D eigenvalue weighted by Crippen LogP contribution is -2.42. The first-order valence-corrected chi connectivity index (χ1v) is 12.0. The zero-order valence-electron chi connectivity index (χ0n) is 19.8. The monoisotopic (exact) mass is 413 g/mol. The Bertz CT molecular complexity index is 414. The third kappa shape index (κ3) is 14.4. The lowest BCUT2D eigenvalue weighted by atomic mass is 10.0. The Morgan fingerprint density at radius 1 is 0.793 bits per heavy atom. The van der Waals surface area contributed by atoms with Crippen molar-refractivity contribution in [2.75, 3.05) is 20.3 Å². The zero-order chi connectivity index (χ0) is 21.9. The van der Waals surface area contributed by atoms with Gasteiger partial charge in [0.25, 0.3) is 0 Å². The zero-order valence-corrected chi connectivity index (χ0v) is 19.8. The normalized spacial score (nSPS) is 13.0. The molecule has 0 aliphatic rings. The van der Waals surface area contributed by atoms with Gasteiger partial charge in [0.15, 0.2) is 0 Å². The van der Waals surface area contributed by atoms with Crippen LogP contribution in [0.4, 0.5) is 4.79 Å². The molecule has 29 heavy (non-hydrogen) atoms. The molecule has 172 valence electrons. The van der Waals surface area contributed by atoms with Crippen LogP contribution in [0.2, 0.25) is 0 Å². The number of hydrogen-bond donors (Lipinski definition) is 0. The van der Waals surface area contributed by atoms with Gasteiger partial charge in [0.05, 0.1) is 13.2 Å². The molecule has 0 aliphatic carbocycles. The number of hydrogen-bond acceptors (Lipinski definition) is 4. The number of amides is 1. The van der Waals surface area contributed by atoms with Crippen molar-refractivity contribution in [1.29, 1.82) is 0 Å². The van der Waals surface area contributed by atoms with E-state index in [4.69, 9.17) is 9.47 Å². The number of nitrogens with zero attached hydrogens (tertiary/aromatic N) is 1. The van der Waals surface area contributed by atoms with Crippen molar-refractivity contribution in [1.82, 2.24) is 4.90 Å². The van der Waals surface area contributed by atoms with E-state index >= 15 is 0 Å². The molecule has 0 aromatic rings. The summed E-state index contributed by atoms with van der Waals surface area (Å²) >= 11 is 0. The van der Waals surface area contributed by atoms with Crippen LogP contribution in [-0.4, -0.2) is 43.3 Å². The Labute approximate surface area is 179 Å². The van der Waals surface area contributed by atoms with Gasteiger partial charge in [-0.3, -0.25) is 4.90 Å². The minimum absolute atomic E-state index is 0.359. The molecule has 1 amide bonds. The fraction of sp³-hybridized carbons (Fsp3) is 0.917. The topological polar surface area (TPSA) is 55.8 Å². The van der Waals surface area contributed by atoms with Crippen molar-refractivity contribution in [2.24, 2.45) is 5.92 Å². The average Bonchev–Trinajstić information content (AvgIpc) is 2.73. The number of unbranched alkanes of at least 4 members (excludes halogenated alkanes) is 9. The smallest absolute Gasteiger partial charge is 0.410 e. The van der Waals surface area contributed by atoms with Gasteiger partial charge in [-0.05, 0) is 25.7 Å². The van der Waals surface area contributed by atoms with Crippen LogP contribution in [0.1, 0.15) is 111 Å². The predicted octanol–water partition coefficient (Wildman–Crippen LogP) is 6.73. The summed E-state index contributed by atoms with van der Waals surface area (Å²) in [5.41, 5.74) is 0. The second kappa shape index (κ2) is 18.7.